The van der Waals surface area contributed by atoms with Crippen LogP contribution in [0.2, 0.25) is 0 Å². The van der Waals surface area contributed by atoms with E-state index in [9.17, 15) is 14.7 Å². The first-order chi connectivity index (χ1) is 4.74. The number of carboxylic acid groups (broad SMARTS) is 1. The second-order valence-electron chi connectivity index (χ2n) is 1.64. The highest BCUT2D eigenvalue weighted by atomic mass is 32.1. The van der Waals surface area contributed by atoms with Gasteiger partial charge in [-0.05, 0) is 6.07 Å². The Morgan fingerprint density at radius 3 is 2.70 bits per heavy atom. The Kier molecular flexibility index (Phi) is 1.82. The van der Waals surface area contributed by atoms with Gasteiger partial charge in [0.15, 0.2) is 6.29 Å². The second-order valence-corrected chi connectivity index (χ2v) is 2.59. The van der Waals surface area contributed by atoms with Crippen LogP contribution in [-0.2, 0) is 0 Å². The lowest BCUT2D eigenvalue weighted by molar-refractivity contribution is -0.255. The van der Waals surface area contributed by atoms with Crippen LogP contribution in [0, 0.1) is 0 Å². The summed E-state index contributed by atoms with van der Waals surface area (Å²) < 4.78 is 0. The van der Waals surface area contributed by atoms with Gasteiger partial charge in [-0.15, -0.1) is 11.3 Å². The monoisotopic (exact) mass is 155 g/mol. The van der Waals surface area contributed by atoms with Gasteiger partial charge in [0.05, 0.1) is 10.8 Å². The molecule has 0 spiro atoms. The van der Waals surface area contributed by atoms with Gasteiger partial charge in [0.25, 0.3) is 0 Å². The molecule has 1 rings (SSSR count). The third kappa shape index (κ3) is 1.22. The molecule has 10 heavy (non-hydrogen) atoms. The summed E-state index contributed by atoms with van der Waals surface area (Å²) in [5.74, 6) is -1.25. The first-order valence-corrected chi connectivity index (χ1v) is 3.37. The van der Waals surface area contributed by atoms with Gasteiger partial charge < -0.3 is 9.90 Å². The number of hydrogen-bond acceptors (Lipinski definition) is 4. The zero-order chi connectivity index (χ0) is 7.56. The Bertz CT molecular complexity index is 264. The number of thiophene rings is 1. The molecule has 1 aromatic rings. The van der Waals surface area contributed by atoms with Crippen molar-refractivity contribution in [2.75, 3.05) is 0 Å². The smallest absolute Gasteiger partial charge is 0.160 e. The summed E-state index contributed by atoms with van der Waals surface area (Å²) in [5, 5.41) is 11.5. The van der Waals surface area contributed by atoms with Crippen molar-refractivity contribution >= 4 is 23.6 Å². The summed E-state index contributed by atoms with van der Waals surface area (Å²) in [6.07, 6.45) is 0.608. The molecule has 0 radical (unpaired) electrons. The van der Waals surface area contributed by atoms with Crippen LogP contribution in [0.15, 0.2) is 11.4 Å². The van der Waals surface area contributed by atoms with E-state index < -0.39 is 5.97 Å². The maximum atomic E-state index is 10.1. The molecule has 52 valence electrons. The number of carbonyl (C=O) groups is 2. The average molecular weight is 155 g/mol. The van der Waals surface area contributed by atoms with Crippen molar-refractivity contribution in [1.29, 1.82) is 0 Å². The van der Waals surface area contributed by atoms with Gasteiger partial charge in [-0.2, -0.15) is 0 Å². The molecule has 0 aliphatic heterocycles. The molecule has 0 amide bonds. The molecule has 0 aliphatic carbocycles. The van der Waals surface area contributed by atoms with Crippen molar-refractivity contribution in [3.05, 3.63) is 21.9 Å². The largest absolute Gasteiger partial charge is 0.545 e. The van der Waals surface area contributed by atoms with Gasteiger partial charge in [0, 0.05) is 10.9 Å². The number of carbonyl (C=O) groups excluding carboxylic acids is 2. The number of hydrogen-bond donors (Lipinski definition) is 0. The van der Waals surface area contributed by atoms with Crippen LogP contribution in [-0.4, -0.2) is 12.3 Å². The zero-order valence-electron chi connectivity index (χ0n) is 4.87. The van der Waals surface area contributed by atoms with Gasteiger partial charge in [-0.25, -0.2) is 0 Å². The lowest BCUT2D eigenvalue weighted by Gasteiger charge is -1.92. The van der Waals surface area contributed by atoms with Gasteiger partial charge >= 0.3 is 0 Å². The molecule has 0 atom stereocenters. The Labute approximate surface area is 60.9 Å². The van der Waals surface area contributed by atoms with Crippen LogP contribution in [0.3, 0.4) is 0 Å². The predicted molar refractivity (Wildman–Crippen MR) is 34.0 cm³/mol. The quantitative estimate of drug-likeness (QED) is 0.561. The van der Waals surface area contributed by atoms with Gasteiger partial charge in [0.2, 0.25) is 0 Å². The Morgan fingerprint density at radius 1 is 1.70 bits per heavy atom. The van der Waals surface area contributed by atoms with Crippen LogP contribution in [0.4, 0.5) is 0 Å². The molecule has 0 bridgehead atoms. The van der Waals surface area contributed by atoms with Crippen LogP contribution in [0.1, 0.15) is 20.0 Å². The first kappa shape index (κ1) is 6.95. The first-order valence-electron chi connectivity index (χ1n) is 2.49. The molecule has 3 nitrogen and oxygen atoms in total. The Morgan fingerprint density at radius 2 is 2.40 bits per heavy atom. The van der Waals surface area contributed by atoms with E-state index in [0.29, 0.717) is 11.2 Å². The van der Waals surface area contributed by atoms with E-state index in [2.05, 4.69) is 0 Å². The maximum Gasteiger partial charge on any atom is 0.160 e. The minimum atomic E-state index is -1.25. The number of aromatic carboxylic acids is 1. The number of carboxylic acids is 1. The molecule has 0 fully saturated rings. The fourth-order valence-corrected chi connectivity index (χ4v) is 1.20. The summed E-state index contributed by atoms with van der Waals surface area (Å²) in [5.41, 5.74) is 0.0621. The molecule has 0 N–H and O–H groups in total. The topological polar surface area (TPSA) is 57.2 Å². The Balaban J connectivity index is 2.98. The SMILES string of the molecule is O=Cc1cc(C(=O)[O-])cs1. The molecule has 4 heteroatoms. The van der Waals surface area contributed by atoms with E-state index in [1.165, 1.54) is 11.4 Å². The lowest BCUT2D eigenvalue weighted by atomic mass is 10.3. The third-order valence-corrected chi connectivity index (χ3v) is 1.83. The fraction of sp³-hybridized carbons (Fsp3) is 0. The standard InChI is InChI=1S/C6H4O3S/c7-2-5-1-4(3-10-5)6(8)9/h1-3H,(H,8,9)/p-1. The molecule has 0 saturated heterocycles. The van der Waals surface area contributed by atoms with Crippen LogP contribution >= 0.6 is 11.3 Å². The van der Waals surface area contributed by atoms with E-state index in [0.717, 1.165) is 11.3 Å². The summed E-state index contributed by atoms with van der Waals surface area (Å²) in [4.78, 5) is 20.6. The van der Waals surface area contributed by atoms with E-state index >= 15 is 0 Å². The average Bonchev–Trinajstić information content (AvgIpc) is 2.34. The summed E-state index contributed by atoms with van der Waals surface area (Å²) >= 11 is 1.09. The highest BCUT2D eigenvalue weighted by molar-refractivity contribution is 7.12. The number of rotatable bonds is 2. The van der Waals surface area contributed by atoms with E-state index in [1.54, 1.807) is 0 Å². The summed E-state index contributed by atoms with van der Waals surface area (Å²) in [6.45, 7) is 0. The van der Waals surface area contributed by atoms with Crippen molar-refractivity contribution in [3.63, 3.8) is 0 Å². The molecular formula is C6H3O3S-. The molecule has 0 aromatic carbocycles. The van der Waals surface area contributed by atoms with Crippen LogP contribution in [0.25, 0.3) is 0 Å². The summed E-state index contributed by atoms with van der Waals surface area (Å²) in [7, 11) is 0. The van der Waals surface area contributed by atoms with Gasteiger partial charge in [-0.3, -0.25) is 4.79 Å². The van der Waals surface area contributed by atoms with Crippen molar-refractivity contribution < 1.29 is 14.7 Å². The van der Waals surface area contributed by atoms with Crippen molar-refractivity contribution in [2.45, 2.75) is 0 Å². The zero-order valence-corrected chi connectivity index (χ0v) is 5.68. The highest BCUT2D eigenvalue weighted by Crippen LogP contribution is 2.10. The molecule has 1 heterocycles. The maximum absolute atomic E-state index is 10.1. The predicted octanol–water partition coefficient (Wildman–Crippen LogP) is -0.0759. The minimum Gasteiger partial charge on any atom is -0.545 e. The third-order valence-electron chi connectivity index (χ3n) is 0.972. The molecule has 0 saturated carbocycles. The highest BCUT2D eigenvalue weighted by Gasteiger charge is 1.97. The van der Waals surface area contributed by atoms with Crippen molar-refractivity contribution in [1.82, 2.24) is 0 Å². The Hall–Kier alpha value is -1.16. The van der Waals surface area contributed by atoms with Gasteiger partial charge in [0.1, 0.15) is 0 Å². The normalized spacial score (nSPS) is 9.20. The molecular weight excluding hydrogens is 152 g/mol. The fourth-order valence-electron chi connectivity index (χ4n) is 0.522. The van der Waals surface area contributed by atoms with E-state index in [4.69, 9.17) is 0 Å². The van der Waals surface area contributed by atoms with E-state index in [-0.39, 0.29) is 5.56 Å². The van der Waals surface area contributed by atoms with Crippen LogP contribution < -0.4 is 5.11 Å². The second kappa shape index (κ2) is 2.62. The lowest BCUT2D eigenvalue weighted by Crippen LogP contribution is -2.21. The summed E-state index contributed by atoms with van der Waals surface area (Å²) in [6, 6.07) is 1.28. The van der Waals surface area contributed by atoms with Crippen molar-refractivity contribution in [3.8, 4) is 0 Å². The minimum absolute atomic E-state index is 0.0621. The van der Waals surface area contributed by atoms with E-state index in [1.807, 2.05) is 0 Å². The molecule has 1 aromatic heterocycles. The van der Waals surface area contributed by atoms with Gasteiger partial charge in [-0.1, -0.05) is 0 Å². The molecule has 0 aliphatic rings. The number of aldehydes is 1. The van der Waals surface area contributed by atoms with Crippen LogP contribution in [0.5, 0.6) is 0 Å². The molecule has 0 unspecified atom stereocenters. The van der Waals surface area contributed by atoms with Crippen molar-refractivity contribution in [2.24, 2.45) is 0 Å².